The van der Waals surface area contributed by atoms with E-state index in [2.05, 4.69) is 70.9 Å². The van der Waals surface area contributed by atoms with E-state index in [0.29, 0.717) is 19.6 Å². The molecule has 5 heteroatoms. The fourth-order valence-electron chi connectivity index (χ4n) is 4.73. The SMILES string of the molecule is CCc1cccc2c([C@@H](CC(=O)NCc3ccncc3)c3ccc(OCc4ccccc4)cc3)c[nH]c12. The number of para-hydroxylation sites is 1. The molecule has 186 valence electrons. The van der Waals surface area contributed by atoms with E-state index >= 15 is 0 Å². The van der Waals surface area contributed by atoms with E-state index in [1.807, 2.05) is 42.5 Å². The Hall–Kier alpha value is -4.38. The number of nitrogens with one attached hydrogen (secondary N) is 2. The molecule has 37 heavy (non-hydrogen) atoms. The van der Waals surface area contributed by atoms with Gasteiger partial charge < -0.3 is 15.0 Å². The van der Waals surface area contributed by atoms with Crippen LogP contribution in [0.15, 0.2) is 104 Å². The molecule has 2 aromatic heterocycles. The summed E-state index contributed by atoms with van der Waals surface area (Å²) >= 11 is 0. The van der Waals surface area contributed by atoms with Crippen LogP contribution in [-0.2, 0) is 24.4 Å². The number of ether oxygens (including phenoxy) is 1. The summed E-state index contributed by atoms with van der Waals surface area (Å²) in [6.07, 6.45) is 6.83. The Bertz CT molecular complexity index is 1440. The van der Waals surface area contributed by atoms with E-state index in [0.717, 1.165) is 45.3 Å². The molecule has 2 heterocycles. The summed E-state index contributed by atoms with van der Waals surface area (Å²) in [4.78, 5) is 20.6. The molecule has 5 nitrogen and oxygen atoms in total. The monoisotopic (exact) mass is 489 g/mol. The molecular weight excluding hydrogens is 458 g/mol. The van der Waals surface area contributed by atoms with Crippen LogP contribution in [0.4, 0.5) is 0 Å². The van der Waals surface area contributed by atoms with E-state index in [4.69, 9.17) is 4.74 Å². The van der Waals surface area contributed by atoms with Crippen molar-refractivity contribution in [1.29, 1.82) is 0 Å². The number of carbonyl (C=O) groups is 1. The Balaban J connectivity index is 1.38. The Morgan fingerprint density at radius 2 is 1.70 bits per heavy atom. The Morgan fingerprint density at radius 3 is 2.46 bits per heavy atom. The lowest BCUT2D eigenvalue weighted by Crippen LogP contribution is -2.25. The molecule has 2 N–H and O–H groups in total. The lowest BCUT2D eigenvalue weighted by Gasteiger charge is -2.18. The maximum atomic E-state index is 13.1. The van der Waals surface area contributed by atoms with E-state index in [1.165, 1.54) is 5.56 Å². The van der Waals surface area contributed by atoms with Crippen LogP contribution in [0.2, 0.25) is 0 Å². The van der Waals surface area contributed by atoms with Crippen molar-refractivity contribution in [3.8, 4) is 5.75 Å². The van der Waals surface area contributed by atoms with Crippen molar-refractivity contribution in [2.75, 3.05) is 0 Å². The predicted molar refractivity (Wildman–Crippen MR) is 147 cm³/mol. The molecule has 0 saturated heterocycles. The summed E-state index contributed by atoms with van der Waals surface area (Å²) in [5.74, 6) is 0.717. The summed E-state index contributed by atoms with van der Waals surface area (Å²) < 4.78 is 6.00. The second-order valence-corrected chi connectivity index (χ2v) is 9.17. The highest BCUT2D eigenvalue weighted by molar-refractivity contribution is 5.88. The smallest absolute Gasteiger partial charge is 0.221 e. The fourth-order valence-corrected chi connectivity index (χ4v) is 4.73. The number of nitrogens with zero attached hydrogens (tertiary/aromatic N) is 1. The number of hydrogen-bond donors (Lipinski definition) is 2. The number of H-pyrrole nitrogens is 1. The van der Waals surface area contributed by atoms with Crippen LogP contribution in [0, 0.1) is 0 Å². The van der Waals surface area contributed by atoms with Gasteiger partial charge in [-0.3, -0.25) is 9.78 Å². The zero-order chi connectivity index (χ0) is 25.5. The highest BCUT2D eigenvalue weighted by Gasteiger charge is 2.22. The standard InChI is InChI=1S/C32H31N3O2/c1-2-25-9-6-10-28-30(21-35-32(25)28)29(19-31(36)34-20-23-15-17-33-18-16-23)26-11-13-27(14-12-26)37-22-24-7-4-3-5-8-24/h3-18,21,29,35H,2,19-20,22H2,1H3,(H,34,36)/t29-/m0/s1. The summed E-state index contributed by atoms with van der Waals surface area (Å²) in [5, 5.41) is 4.24. The topological polar surface area (TPSA) is 67.0 Å². The Kier molecular flexibility index (Phi) is 7.60. The first-order valence-electron chi connectivity index (χ1n) is 12.7. The lowest BCUT2D eigenvalue weighted by molar-refractivity contribution is -0.121. The number of aryl methyl sites for hydroxylation is 1. The molecule has 0 unspecified atom stereocenters. The maximum Gasteiger partial charge on any atom is 0.221 e. The van der Waals surface area contributed by atoms with Gasteiger partial charge in [0.2, 0.25) is 5.91 Å². The molecule has 0 spiro atoms. The molecular formula is C32H31N3O2. The molecule has 3 aromatic carbocycles. The highest BCUT2D eigenvalue weighted by Crippen LogP contribution is 2.35. The highest BCUT2D eigenvalue weighted by atomic mass is 16.5. The van der Waals surface area contributed by atoms with Crippen LogP contribution in [-0.4, -0.2) is 15.9 Å². The summed E-state index contributed by atoms with van der Waals surface area (Å²) in [5.41, 5.74) is 6.77. The first-order valence-corrected chi connectivity index (χ1v) is 12.7. The number of amides is 1. The van der Waals surface area contributed by atoms with Gasteiger partial charge in [-0.25, -0.2) is 0 Å². The van der Waals surface area contributed by atoms with Gasteiger partial charge in [0.25, 0.3) is 0 Å². The number of aromatic nitrogens is 2. The zero-order valence-corrected chi connectivity index (χ0v) is 21.0. The molecule has 1 atom stereocenters. The summed E-state index contributed by atoms with van der Waals surface area (Å²) in [7, 11) is 0. The van der Waals surface area contributed by atoms with E-state index in [9.17, 15) is 4.79 Å². The van der Waals surface area contributed by atoms with Gasteiger partial charge >= 0.3 is 0 Å². The van der Waals surface area contributed by atoms with Crippen LogP contribution in [0.3, 0.4) is 0 Å². The third kappa shape index (κ3) is 5.89. The van der Waals surface area contributed by atoms with Crippen molar-refractivity contribution >= 4 is 16.8 Å². The quantitative estimate of drug-likeness (QED) is 0.234. The molecule has 5 rings (SSSR count). The average molecular weight is 490 g/mol. The normalized spacial score (nSPS) is 11.8. The minimum absolute atomic E-state index is 0.00668. The Labute approximate surface area is 217 Å². The van der Waals surface area contributed by atoms with Gasteiger partial charge in [0.05, 0.1) is 0 Å². The largest absolute Gasteiger partial charge is 0.489 e. The van der Waals surface area contributed by atoms with Gasteiger partial charge in [-0.15, -0.1) is 0 Å². The van der Waals surface area contributed by atoms with Gasteiger partial charge in [0.1, 0.15) is 12.4 Å². The summed E-state index contributed by atoms with van der Waals surface area (Å²) in [6, 6.07) is 28.5. The van der Waals surface area contributed by atoms with Crippen molar-refractivity contribution in [2.24, 2.45) is 0 Å². The first kappa shape index (κ1) is 24.3. The van der Waals surface area contributed by atoms with E-state index in [1.54, 1.807) is 12.4 Å². The predicted octanol–water partition coefficient (Wildman–Crippen LogP) is 6.54. The zero-order valence-electron chi connectivity index (χ0n) is 21.0. The molecule has 5 aromatic rings. The van der Waals surface area contributed by atoms with Crippen LogP contribution in [0.1, 0.15) is 47.1 Å². The molecule has 0 radical (unpaired) electrons. The molecule has 0 bridgehead atoms. The van der Waals surface area contributed by atoms with Crippen LogP contribution >= 0.6 is 0 Å². The van der Waals surface area contributed by atoms with Crippen LogP contribution < -0.4 is 10.1 Å². The van der Waals surface area contributed by atoms with E-state index in [-0.39, 0.29) is 11.8 Å². The molecule has 0 fully saturated rings. The van der Waals surface area contributed by atoms with Crippen molar-refractivity contribution < 1.29 is 9.53 Å². The van der Waals surface area contributed by atoms with Gasteiger partial charge in [0.15, 0.2) is 0 Å². The van der Waals surface area contributed by atoms with Crippen molar-refractivity contribution in [1.82, 2.24) is 15.3 Å². The van der Waals surface area contributed by atoms with Gasteiger partial charge in [-0.1, -0.05) is 67.6 Å². The number of fused-ring (bicyclic) bond motifs is 1. The van der Waals surface area contributed by atoms with Crippen molar-refractivity contribution in [3.05, 3.63) is 131 Å². The second kappa shape index (κ2) is 11.6. The Morgan fingerprint density at radius 1 is 0.919 bits per heavy atom. The van der Waals surface area contributed by atoms with Crippen LogP contribution in [0.5, 0.6) is 5.75 Å². The van der Waals surface area contributed by atoms with Crippen LogP contribution in [0.25, 0.3) is 10.9 Å². The number of pyridine rings is 1. The number of hydrogen-bond acceptors (Lipinski definition) is 3. The molecule has 0 aliphatic heterocycles. The van der Waals surface area contributed by atoms with Crippen molar-refractivity contribution in [3.63, 3.8) is 0 Å². The first-order chi connectivity index (χ1) is 18.2. The van der Waals surface area contributed by atoms with Crippen molar-refractivity contribution in [2.45, 2.75) is 38.8 Å². The van der Waals surface area contributed by atoms with Gasteiger partial charge in [-0.05, 0) is 58.5 Å². The summed E-state index contributed by atoms with van der Waals surface area (Å²) in [6.45, 7) is 3.16. The third-order valence-corrected chi connectivity index (χ3v) is 6.75. The minimum atomic E-state index is -0.0959. The molecule has 0 saturated carbocycles. The van der Waals surface area contributed by atoms with Gasteiger partial charge in [-0.2, -0.15) is 0 Å². The minimum Gasteiger partial charge on any atom is -0.489 e. The number of aromatic amines is 1. The number of rotatable bonds is 10. The number of benzene rings is 3. The molecule has 1 amide bonds. The lowest BCUT2D eigenvalue weighted by atomic mass is 9.87. The molecule has 0 aliphatic carbocycles. The van der Waals surface area contributed by atoms with E-state index < -0.39 is 0 Å². The maximum absolute atomic E-state index is 13.1. The number of carbonyl (C=O) groups excluding carboxylic acids is 1. The fraction of sp³-hybridized carbons (Fsp3) is 0.188. The van der Waals surface area contributed by atoms with Gasteiger partial charge in [0, 0.05) is 48.4 Å². The third-order valence-electron chi connectivity index (χ3n) is 6.75. The second-order valence-electron chi connectivity index (χ2n) is 9.17. The average Bonchev–Trinajstić information content (AvgIpc) is 3.39. The molecule has 0 aliphatic rings.